The molecule has 1 heterocycles. The zero-order chi connectivity index (χ0) is 19.7. The fourth-order valence-corrected chi connectivity index (χ4v) is 2.68. The number of nitrogen functional groups attached to an aromatic ring is 1. The van der Waals surface area contributed by atoms with Crippen LogP contribution in [-0.4, -0.2) is 30.9 Å². The topological polar surface area (TPSA) is 103 Å². The van der Waals surface area contributed by atoms with Crippen molar-refractivity contribution in [1.29, 1.82) is 0 Å². The summed E-state index contributed by atoms with van der Waals surface area (Å²) in [7, 11) is 3.11. The number of benzene rings is 2. The summed E-state index contributed by atoms with van der Waals surface area (Å²) in [4.78, 5) is 38.2. The number of amides is 1. The monoisotopic (exact) mass is 366 g/mol. The molecule has 0 aliphatic rings. The van der Waals surface area contributed by atoms with Gasteiger partial charge in [-0.25, -0.2) is 9.59 Å². The number of nitrogens with two attached hydrogens (primary N) is 1. The first kappa shape index (κ1) is 18.2. The lowest BCUT2D eigenvalue weighted by atomic mass is 9.98. The summed E-state index contributed by atoms with van der Waals surface area (Å²) in [5.41, 5.74) is 6.36. The number of nitrogens with zero attached hydrogens (tertiary/aromatic N) is 1. The maximum Gasteiger partial charge on any atom is 0.414 e. The molecule has 0 atom stereocenters. The first-order valence-electron chi connectivity index (χ1n) is 8.14. The van der Waals surface area contributed by atoms with Crippen molar-refractivity contribution in [3.05, 3.63) is 69.6 Å². The van der Waals surface area contributed by atoms with Crippen molar-refractivity contribution in [2.45, 2.75) is 6.92 Å². The quantitative estimate of drug-likeness (QED) is 0.434. The maximum atomic E-state index is 12.8. The average Bonchev–Trinajstić information content (AvgIpc) is 2.61. The van der Waals surface area contributed by atoms with E-state index in [-0.39, 0.29) is 16.9 Å². The van der Waals surface area contributed by atoms with E-state index in [1.807, 2.05) is 0 Å². The van der Waals surface area contributed by atoms with Crippen LogP contribution in [-0.2, 0) is 0 Å². The summed E-state index contributed by atoms with van der Waals surface area (Å²) in [6.45, 7) is 1.67. The molecule has 2 aromatic carbocycles. The fraction of sp³-hybridized carbons (Fsp3) is 0.150. The number of rotatable bonds is 3. The Bertz CT molecular complexity index is 1120. The van der Waals surface area contributed by atoms with Crippen molar-refractivity contribution < 1.29 is 18.7 Å². The van der Waals surface area contributed by atoms with E-state index in [4.69, 9.17) is 14.9 Å². The molecule has 0 fully saturated rings. The molecule has 1 amide bonds. The van der Waals surface area contributed by atoms with E-state index in [1.165, 1.54) is 17.0 Å². The van der Waals surface area contributed by atoms with Gasteiger partial charge in [0, 0.05) is 36.8 Å². The lowest BCUT2D eigenvalue weighted by molar-refractivity contribution is 0.103. The molecule has 7 nitrogen and oxygen atoms in total. The Balaban J connectivity index is 2.08. The van der Waals surface area contributed by atoms with E-state index < -0.39 is 17.5 Å². The van der Waals surface area contributed by atoms with Crippen LogP contribution in [0.4, 0.5) is 10.5 Å². The molecular weight excluding hydrogens is 348 g/mol. The minimum absolute atomic E-state index is 0.0499. The molecule has 0 spiro atoms. The van der Waals surface area contributed by atoms with Crippen LogP contribution in [0.2, 0.25) is 0 Å². The highest BCUT2D eigenvalue weighted by Crippen LogP contribution is 2.25. The van der Waals surface area contributed by atoms with Gasteiger partial charge in [-0.05, 0) is 36.8 Å². The van der Waals surface area contributed by atoms with Crippen molar-refractivity contribution in [2.24, 2.45) is 0 Å². The van der Waals surface area contributed by atoms with Crippen LogP contribution >= 0.6 is 0 Å². The molecule has 3 aromatic rings. The van der Waals surface area contributed by atoms with Gasteiger partial charge in [-0.15, -0.1) is 0 Å². The molecule has 3 rings (SSSR count). The van der Waals surface area contributed by atoms with Crippen LogP contribution in [0.1, 0.15) is 21.5 Å². The van der Waals surface area contributed by atoms with Gasteiger partial charge in [0.25, 0.3) is 0 Å². The Kier molecular flexibility index (Phi) is 4.68. The number of carbonyl (C=O) groups is 2. The molecule has 0 saturated carbocycles. The number of anilines is 1. The molecular formula is C20H18N2O5. The third-order valence-electron chi connectivity index (χ3n) is 4.09. The lowest BCUT2D eigenvalue weighted by Crippen LogP contribution is -2.25. The zero-order valence-electron chi connectivity index (χ0n) is 15.1. The van der Waals surface area contributed by atoms with Crippen LogP contribution in [0, 0.1) is 6.92 Å². The predicted molar refractivity (Wildman–Crippen MR) is 101 cm³/mol. The summed E-state index contributed by atoms with van der Waals surface area (Å²) in [6, 6.07) is 11.1. The Morgan fingerprint density at radius 3 is 2.52 bits per heavy atom. The zero-order valence-corrected chi connectivity index (χ0v) is 15.1. The van der Waals surface area contributed by atoms with E-state index in [0.29, 0.717) is 22.2 Å². The minimum Gasteiger partial charge on any atom is -0.422 e. The maximum absolute atomic E-state index is 12.8. The van der Waals surface area contributed by atoms with Gasteiger partial charge in [-0.2, -0.15) is 0 Å². The van der Waals surface area contributed by atoms with Crippen molar-refractivity contribution in [2.75, 3.05) is 19.8 Å². The second-order valence-corrected chi connectivity index (χ2v) is 6.26. The molecule has 1 aromatic heterocycles. The summed E-state index contributed by atoms with van der Waals surface area (Å²) < 4.78 is 10.5. The average molecular weight is 366 g/mol. The summed E-state index contributed by atoms with van der Waals surface area (Å²) in [5.74, 6) is -0.225. The van der Waals surface area contributed by atoms with Crippen LogP contribution in [0.3, 0.4) is 0 Å². The first-order chi connectivity index (χ1) is 12.8. The van der Waals surface area contributed by atoms with Gasteiger partial charge < -0.3 is 19.8 Å². The number of hydrogen-bond acceptors (Lipinski definition) is 6. The third-order valence-corrected chi connectivity index (χ3v) is 4.09. The van der Waals surface area contributed by atoms with E-state index in [1.54, 1.807) is 51.4 Å². The molecule has 7 heteroatoms. The van der Waals surface area contributed by atoms with Gasteiger partial charge in [0.05, 0.1) is 0 Å². The minimum atomic E-state index is -0.761. The smallest absolute Gasteiger partial charge is 0.414 e. The molecule has 27 heavy (non-hydrogen) atoms. The Labute approximate surface area is 154 Å². The Hall–Kier alpha value is -3.61. The highest BCUT2D eigenvalue weighted by Gasteiger charge is 2.20. The van der Waals surface area contributed by atoms with Crippen molar-refractivity contribution in [1.82, 2.24) is 4.90 Å². The van der Waals surface area contributed by atoms with Crippen LogP contribution in [0.25, 0.3) is 11.0 Å². The van der Waals surface area contributed by atoms with Gasteiger partial charge in [-0.1, -0.05) is 12.1 Å². The Morgan fingerprint density at radius 1 is 1.11 bits per heavy atom. The van der Waals surface area contributed by atoms with Crippen LogP contribution in [0.5, 0.6) is 5.75 Å². The molecule has 0 radical (unpaired) electrons. The predicted octanol–water partition coefficient (Wildman–Crippen LogP) is 2.98. The van der Waals surface area contributed by atoms with Gasteiger partial charge in [0.1, 0.15) is 16.9 Å². The second-order valence-electron chi connectivity index (χ2n) is 6.26. The van der Waals surface area contributed by atoms with Crippen LogP contribution < -0.4 is 16.1 Å². The molecule has 0 aliphatic carbocycles. The van der Waals surface area contributed by atoms with Gasteiger partial charge >= 0.3 is 11.7 Å². The summed E-state index contributed by atoms with van der Waals surface area (Å²) in [6.07, 6.45) is -0.554. The van der Waals surface area contributed by atoms with Gasteiger partial charge in [0.2, 0.25) is 5.78 Å². The molecule has 0 saturated heterocycles. The molecule has 0 unspecified atom stereocenters. The molecule has 138 valence electrons. The lowest BCUT2D eigenvalue weighted by Gasteiger charge is -2.12. The Morgan fingerprint density at radius 2 is 1.85 bits per heavy atom. The molecule has 2 N–H and O–H groups in total. The normalized spacial score (nSPS) is 10.6. The fourth-order valence-electron chi connectivity index (χ4n) is 2.68. The van der Waals surface area contributed by atoms with Crippen molar-refractivity contribution in [3.63, 3.8) is 0 Å². The van der Waals surface area contributed by atoms with Gasteiger partial charge in [0.15, 0.2) is 0 Å². The second kappa shape index (κ2) is 6.95. The number of fused-ring (bicyclic) bond motifs is 1. The summed E-state index contributed by atoms with van der Waals surface area (Å²) in [5, 5.41) is 0.575. The van der Waals surface area contributed by atoms with E-state index in [9.17, 15) is 14.4 Å². The van der Waals surface area contributed by atoms with E-state index in [0.717, 1.165) is 0 Å². The number of hydrogen-bond donors (Lipinski definition) is 1. The van der Waals surface area contributed by atoms with E-state index >= 15 is 0 Å². The standard InChI is InChI=1S/C20H18N2O5/c1-11-15-8-7-14(26-20(25)22(2)3)10-16(15)27-19(24)17(11)18(23)12-5-4-6-13(21)9-12/h4-10H,21H2,1-3H3. The SMILES string of the molecule is Cc1c(C(=O)c2cccc(N)c2)c(=O)oc2cc(OC(=O)N(C)C)ccc12. The van der Waals surface area contributed by atoms with Gasteiger partial charge in [-0.3, -0.25) is 4.79 Å². The highest BCUT2D eigenvalue weighted by atomic mass is 16.6. The molecule has 0 aliphatic heterocycles. The third kappa shape index (κ3) is 3.52. The number of carbonyl (C=O) groups excluding carboxylic acids is 2. The highest BCUT2D eigenvalue weighted by molar-refractivity contribution is 6.11. The first-order valence-corrected chi connectivity index (χ1v) is 8.14. The number of ether oxygens (including phenoxy) is 1. The summed E-state index contributed by atoms with van der Waals surface area (Å²) >= 11 is 0. The molecule has 0 bridgehead atoms. The largest absolute Gasteiger partial charge is 0.422 e. The van der Waals surface area contributed by atoms with Crippen LogP contribution in [0.15, 0.2) is 51.7 Å². The number of aryl methyl sites for hydroxylation is 1. The van der Waals surface area contributed by atoms with E-state index in [2.05, 4.69) is 0 Å². The number of ketones is 1. The van der Waals surface area contributed by atoms with Crippen molar-refractivity contribution in [3.8, 4) is 5.75 Å². The van der Waals surface area contributed by atoms with Crippen molar-refractivity contribution >= 4 is 28.5 Å².